The number of hydrogen-bond donors (Lipinski definition) is 1. The van der Waals surface area contributed by atoms with Gasteiger partial charge < -0.3 is 14.4 Å². The first-order chi connectivity index (χ1) is 14.3. The average molecular weight is 410 g/mol. The Bertz CT molecular complexity index is 1070. The molecule has 3 aromatic heterocycles. The molecule has 1 aliphatic heterocycles. The summed E-state index contributed by atoms with van der Waals surface area (Å²) in [5.74, 6) is -0.877. The van der Waals surface area contributed by atoms with Crippen LogP contribution in [0.25, 0.3) is 16.8 Å². The number of nitrogens with zero attached hydrogens (tertiary/aromatic N) is 5. The van der Waals surface area contributed by atoms with Crippen LogP contribution in [0.1, 0.15) is 47.4 Å². The van der Waals surface area contributed by atoms with Gasteiger partial charge in [-0.15, -0.1) is 0 Å². The molecule has 0 aliphatic carbocycles. The van der Waals surface area contributed by atoms with Crippen molar-refractivity contribution < 1.29 is 9.90 Å². The normalized spacial score (nSPS) is 17.1. The lowest BCUT2D eigenvalue weighted by Gasteiger charge is -2.39. The zero-order chi connectivity index (χ0) is 21.6. The van der Waals surface area contributed by atoms with E-state index in [2.05, 4.69) is 52.6 Å². The molecule has 0 aromatic carbocycles. The van der Waals surface area contributed by atoms with Gasteiger partial charge in [-0.2, -0.15) is 5.10 Å². The van der Waals surface area contributed by atoms with Crippen LogP contribution in [0.5, 0.6) is 0 Å². The smallest absolute Gasteiger partial charge is 0.336 e. The van der Waals surface area contributed by atoms with Crippen molar-refractivity contribution in [2.24, 2.45) is 7.05 Å². The fraction of sp³-hybridized carbons (Fsp3) is 0.478. The zero-order valence-corrected chi connectivity index (χ0v) is 18.5. The molecule has 4 heterocycles. The molecule has 7 nitrogen and oxygen atoms in total. The summed E-state index contributed by atoms with van der Waals surface area (Å²) in [6.07, 6.45) is 6.15. The number of piperidine rings is 1. The van der Waals surface area contributed by atoms with E-state index in [0.717, 1.165) is 54.0 Å². The molecule has 1 atom stereocenters. The lowest BCUT2D eigenvalue weighted by Crippen LogP contribution is -2.43. The van der Waals surface area contributed by atoms with Gasteiger partial charge in [-0.05, 0) is 64.5 Å². The number of aromatic carboxylic acids is 1. The summed E-state index contributed by atoms with van der Waals surface area (Å²) < 4.78 is 4.02. The van der Waals surface area contributed by atoms with Crippen LogP contribution in [0, 0.1) is 6.92 Å². The number of likely N-dealkylation sites (tertiary alicyclic amines) is 1. The number of pyridine rings is 1. The van der Waals surface area contributed by atoms with Crippen molar-refractivity contribution in [3.05, 3.63) is 47.4 Å². The van der Waals surface area contributed by atoms with Crippen LogP contribution in [0.15, 0.2) is 30.6 Å². The van der Waals surface area contributed by atoms with Gasteiger partial charge in [0.25, 0.3) is 0 Å². The Hall–Kier alpha value is -2.64. The molecule has 7 heteroatoms. The molecular weight excluding hydrogens is 378 g/mol. The molecule has 0 amide bonds. The lowest BCUT2D eigenvalue weighted by molar-refractivity contribution is 0.0695. The number of aromatic nitrogens is 3. The van der Waals surface area contributed by atoms with Crippen LogP contribution >= 0.6 is 0 Å². The van der Waals surface area contributed by atoms with Crippen LogP contribution in [-0.2, 0) is 7.05 Å². The van der Waals surface area contributed by atoms with E-state index in [1.165, 1.54) is 0 Å². The first kappa shape index (κ1) is 20.6. The Morgan fingerprint density at radius 1 is 1.27 bits per heavy atom. The predicted octanol–water partition coefficient (Wildman–Crippen LogP) is 3.43. The second-order valence-corrected chi connectivity index (χ2v) is 8.64. The third kappa shape index (κ3) is 3.52. The molecule has 0 radical (unpaired) electrons. The van der Waals surface area contributed by atoms with Gasteiger partial charge in [-0.25, -0.2) is 4.79 Å². The molecule has 1 unspecified atom stereocenters. The molecule has 0 bridgehead atoms. The molecule has 3 aromatic rings. The van der Waals surface area contributed by atoms with Gasteiger partial charge in [0.15, 0.2) is 0 Å². The largest absolute Gasteiger partial charge is 0.478 e. The Morgan fingerprint density at radius 2 is 1.97 bits per heavy atom. The van der Waals surface area contributed by atoms with Crippen molar-refractivity contribution >= 4 is 11.5 Å². The summed E-state index contributed by atoms with van der Waals surface area (Å²) in [6, 6.07) is 6.56. The standard InChI is InChI=1S/C23H31N5O2/c1-15-20(23(29)30)13-19-12-17(21-6-9-24-26(21)5)14-28(19)22(15)16(2)27-10-7-18(8-11-27)25(3)4/h6,9,12-14,16,18H,7-8,10-11H2,1-5H3,(H,29,30). The minimum Gasteiger partial charge on any atom is -0.478 e. The molecule has 1 saturated heterocycles. The maximum Gasteiger partial charge on any atom is 0.336 e. The second-order valence-electron chi connectivity index (χ2n) is 8.64. The van der Waals surface area contributed by atoms with Crippen LogP contribution in [0.2, 0.25) is 0 Å². The fourth-order valence-corrected chi connectivity index (χ4v) is 4.87. The van der Waals surface area contributed by atoms with Crippen LogP contribution in [-0.4, -0.2) is 68.3 Å². The molecule has 1 fully saturated rings. The number of carbonyl (C=O) groups is 1. The Balaban J connectivity index is 1.79. The Kier molecular flexibility index (Phi) is 5.42. The summed E-state index contributed by atoms with van der Waals surface area (Å²) in [6.45, 7) is 6.16. The van der Waals surface area contributed by atoms with Gasteiger partial charge in [0.2, 0.25) is 0 Å². The summed E-state index contributed by atoms with van der Waals surface area (Å²) in [4.78, 5) is 16.8. The average Bonchev–Trinajstić information content (AvgIpc) is 3.32. The van der Waals surface area contributed by atoms with E-state index in [1.807, 2.05) is 24.7 Å². The Labute approximate surface area is 177 Å². The summed E-state index contributed by atoms with van der Waals surface area (Å²) in [5, 5.41) is 14.1. The van der Waals surface area contributed by atoms with E-state index in [0.29, 0.717) is 11.6 Å². The molecule has 0 saturated carbocycles. The van der Waals surface area contributed by atoms with Crippen molar-refractivity contribution in [2.45, 2.75) is 38.8 Å². The van der Waals surface area contributed by atoms with Crippen molar-refractivity contribution in [3.63, 3.8) is 0 Å². The highest BCUT2D eigenvalue weighted by Crippen LogP contribution is 2.33. The van der Waals surface area contributed by atoms with Crippen molar-refractivity contribution in [3.8, 4) is 11.3 Å². The second kappa shape index (κ2) is 7.89. The molecule has 0 spiro atoms. The summed E-state index contributed by atoms with van der Waals surface area (Å²) in [7, 11) is 6.21. The number of aryl methyl sites for hydroxylation is 1. The van der Waals surface area contributed by atoms with E-state index >= 15 is 0 Å². The van der Waals surface area contributed by atoms with E-state index in [1.54, 1.807) is 12.3 Å². The van der Waals surface area contributed by atoms with Gasteiger partial charge in [-0.1, -0.05) is 0 Å². The van der Waals surface area contributed by atoms with E-state index in [9.17, 15) is 9.90 Å². The van der Waals surface area contributed by atoms with E-state index in [4.69, 9.17) is 0 Å². The number of carboxylic acids is 1. The monoisotopic (exact) mass is 409 g/mol. The molecule has 160 valence electrons. The number of rotatable bonds is 5. The minimum absolute atomic E-state index is 0.127. The van der Waals surface area contributed by atoms with Crippen molar-refractivity contribution in [2.75, 3.05) is 27.2 Å². The zero-order valence-electron chi connectivity index (χ0n) is 18.5. The molecule has 1 N–H and O–H groups in total. The SMILES string of the molecule is Cc1c(C(=O)O)cc2cc(-c3ccnn3C)cn2c1C(C)N1CCC(N(C)C)CC1. The molecule has 30 heavy (non-hydrogen) atoms. The molecular formula is C23H31N5O2. The van der Waals surface area contributed by atoms with Gasteiger partial charge in [0.05, 0.1) is 11.3 Å². The first-order valence-electron chi connectivity index (χ1n) is 10.6. The maximum atomic E-state index is 12.0. The van der Waals surface area contributed by atoms with Crippen LogP contribution < -0.4 is 0 Å². The minimum atomic E-state index is -0.877. The van der Waals surface area contributed by atoms with Gasteiger partial charge in [0, 0.05) is 61.4 Å². The Morgan fingerprint density at radius 3 is 2.53 bits per heavy atom. The number of fused-ring (bicyclic) bond motifs is 1. The van der Waals surface area contributed by atoms with Gasteiger partial charge in [0.1, 0.15) is 0 Å². The third-order valence-electron chi connectivity index (χ3n) is 6.71. The highest BCUT2D eigenvalue weighted by atomic mass is 16.4. The third-order valence-corrected chi connectivity index (χ3v) is 6.71. The lowest BCUT2D eigenvalue weighted by atomic mass is 9.98. The molecule has 4 rings (SSSR count). The van der Waals surface area contributed by atoms with Crippen molar-refractivity contribution in [1.29, 1.82) is 0 Å². The van der Waals surface area contributed by atoms with E-state index in [-0.39, 0.29) is 6.04 Å². The van der Waals surface area contributed by atoms with Gasteiger partial charge in [-0.3, -0.25) is 9.58 Å². The number of carboxylic acid groups (broad SMARTS) is 1. The quantitative estimate of drug-likeness (QED) is 0.699. The number of hydrogen-bond acceptors (Lipinski definition) is 4. The van der Waals surface area contributed by atoms with Crippen LogP contribution in [0.3, 0.4) is 0 Å². The highest BCUT2D eigenvalue weighted by molar-refractivity contribution is 5.91. The fourth-order valence-electron chi connectivity index (χ4n) is 4.87. The van der Waals surface area contributed by atoms with E-state index < -0.39 is 5.97 Å². The summed E-state index contributed by atoms with van der Waals surface area (Å²) >= 11 is 0. The first-order valence-corrected chi connectivity index (χ1v) is 10.6. The maximum absolute atomic E-state index is 12.0. The van der Waals surface area contributed by atoms with Gasteiger partial charge >= 0.3 is 5.97 Å². The van der Waals surface area contributed by atoms with Crippen LogP contribution in [0.4, 0.5) is 0 Å². The molecule has 1 aliphatic rings. The van der Waals surface area contributed by atoms with Crippen molar-refractivity contribution in [1.82, 2.24) is 24.0 Å². The topological polar surface area (TPSA) is 66.0 Å². The predicted molar refractivity (Wildman–Crippen MR) is 118 cm³/mol. The summed E-state index contributed by atoms with van der Waals surface area (Å²) in [5.41, 5.74) is 5.22. The highest BCUT2D eigenvalue weighted by Gasteiger charge is 2.28.